The second-order valence-electron chi connectivity index (χ2n) is 10.9. The maximum absolute atomic E-state index is 6.26. The molecule has 45 heavy (non-hydrogen) atoms. The first kappa shape index (κ1) is 24.0. The van der Waals surface area contributed by atoms with Crippen LogP contribution in [0.1, 0.15) is 0 Å². The van der Waals surface area contributed by atoms with Crippen LogP contribution in [-0.2, 0) is 0 Å². The van der Waals surface area contributed by atoms with E-state index in [-0.39, 0.29) is 0 Å². The third kappa shape index (κ3) is 3.43. The van der Waals surface area contributed by atoms with Gasteiger partial charge in [-0.05, 0) is 48.5 Å². The van der Waals surface area contributed by atoms with Crippen LogP contribution in [0.2, 0.25) is 0 Å². The van der Waals surface area contributed by atoms with Gasteiger partial charge in [-0.25, -0.2) is 9.97 Å². The maximum atomic E-state index is 6.26. The molecule has 9 heteroatoms. The summed E-state index contributed by atoms with van der Waals surface area (Å²) in [6.07, 6.45) is 14.3. The molecule has 0 saturated carbocycles. The standard InChI is InChI=1S/C36H19N7O2/c1-2-4-22(5-3-1)43-35-27(14-20(16-41-35)31-33-25(8-12-39-31)23-6-10-37-18-29(23)44-33)28-15-21(17-42-36(28)43)32-34-26(9-13-40-32)24-7-11-38-19-30(24)45-34/h1-19H. The summed E-state index contributed by atoms with van der Waals surface area (Å²) in [5.41, 5.74) is 8.46. The molecule has 0 fully saturated rings. The third-order valence-corrected chi connectivity index (χ3v) is 8.39. The van der Waals surface area contributed by atoms with E-state index >= 15 is 0 Å². The monoisotopic (exact) mass is 581 g/mol. The summed E-state index contributed by atoms with van der Waals surface area (Å²) in [4.78, 5) is 27.9. The molecule has 10 rings (SSSR count). The molecule has 9 aromatic heterocycles. The van der Waals surface area contributed by atoms with Gasteiger partial charge in [-0.2, -0.15) is 0 Å². The minimum Gasteiger partial charge on any atom is -0.452 e. The van der Waals surface area contributed by atoms with Crippen LogP contribution in [0.25, 0.3) is 94.1 Å². The zero-order valence-electron chi connectivity index (χ0n) is 23.4. The van der Waals surface area contributed by atoms with Crippen LogP contribution in [0.3, 0.4) is 0 Å². The van der Waals surface area contributed by atoms with Crippen LogP contribution in [0.15, 0.2) is 125 Å². The summed E-state index contributed by atoms with van der Waals surface area (Å²) in [7, 11) is 0. The molecule has 0 unspecified atom stereocenters. The Hall–Kier alpha value is -6.48. The van der Waals surface area contributed by atoms with E-state index in [2.05, 4.69) is 38.8 Å². The topological polar surface area (TPSA) is 109 Å². The Balaban J connectivity index is 1.25. The molecule has 0 bridgehead atoms. The van der Waals surface area contributed by atoms with E-state index in [4.69, 9.17) is 28.8 Å². The Morgan fingerprint density at radius 2 is 0.978 bits per heavy atom. The number of fused-ring (bicyclic) bond motifs is 9. The van der Waals surface area contributed by atoms with Gasteiger partial charge in [0, 0.05) is 86.3 Å². The molecular weight excluding hydrogens is 562 g/mol. The smallest absolute Gasteiger partial charge is 0.161 e. The van der Waals surface area contributed by atoms with E-state index in [0.29, 0.717) is 33.7 Å². The molecule has 210 valence electrons. The summed E-state index contributed by atoms with van der Waals surface area (Å²) in [6.45, 7) is 0. The van der Waals surface area contributed by atoms with Crippen molar-refractivity contribution < 1.29 is 8.83 Å². The first-order valence-electron chi connectivity index (χ1n) is 14.4. The molecule has 0 radical (unpaired) electrons. The number of aromatic nitrogens is 7. The summed E-state index contributed by atoms with van der Waals surface area (Å²) >= 11 is 0. The van der Waals surface area contributed by atoms with Gasteiger partial charge in [0.2, 0.25) is 0 Å². The number of rotatable bonds is 3. The van der Waals surface area contributed by atoms with E-state index in [1.807, 2.05) is 54.9 Å². The van der Waals surface area contributed by atoms with Crippen molar-refractivity contribution >= 4 is 65.9 Å². The zero-order valence-corrected chi connectivity index (χ0v) is 23.4. The fourth-order valence-electron chi connectivity index (χ4n) is 6.37. The van der Waals surface area contributed by atoms with Gasteiger partial charge in [0.15, 0.2) is 22.3 Å². The van der Waals surface area contributed by atoms with E-state index in [1.165, 1.54) is 0 Å². The second-order valence-corrected chi connectivity index (χ2v) is 10.9. The fraction of sp³-hybridized carbons (Fsp3) is 0. The molecule has 9 heterocycles. The molecule has 0 aliphatic carbocycles. The number of para-hydroxylation sites is 1. The Bertz CT molecular complexity index is 2610. The van der Waals surface area contributed by atoms with Crippen LogP contribution >= 0.6 is 0 Å². The first-order valence-corrected chi connectivity index (χ1v) is 14.4. The molecule has 10 aromatic rings. The Morgan fingerprint density at radius 1 is 0.467 bits per heavy atom. The van der Waals surface area contributed by atoms with Gasteiger partial charge < -0.3 is 8.83 Å². The predicted octanol–water partition coefficient (Wildman–Crippen LogP) is 8.29. The van der Waals surface area contributed by atoms with Crippen molar-refractivity contribution in [1.29, 1.82) is 0 Å². The highest BCUT2D eigenvalue weighted by Crippen LogP contribution is 2.39. The summed E-state index contributed by atoms with van der Waals surface area (Å²) < 4.78 is 14.6. The van der Waals surface area contributed by atoms with Crippen molar-refractivity contribution in [2.45, 2.75) is 0 Å². The Kier molecular flexibility index (Phi) is 4.81. The fourth-order valence-corrected chi connectivity index (χ4v) is 6.37. The van der Waals surface area contributed by atoms with Crippen molar-refractivity contribution in [2.24, 2.45) is 0 Å². The molecule has 1 aromatic carbocycles. The zero-order chi connectivity index (χ0) is 29.5. The molecule has 0 amide bonds. The lowest BCUT2D eigenvalue weighted by atomic mass is 10.1. The lowest BCUT2D eigenvalue weighted by molar-refractivity contribution is 0.666. The summed E-state index contributed by atoms with van der Waals surface area (Å²) in [5, 5.41) is 5.81. The number of pyridine rings is 6. The average molecular weight is 582 g/mol. The summed E-state index contributed by atoms with van der Waals surface area (Å²) in [6, 6.07) is 22.2. The molecule has 0 aliphatic rings. The highest BCUT2D eigenvalue weighted by Gasteiger charge is 2.21. The number of hydrogen-bond donors (Lipinski definition) is 0. The van der Waals surface area contributed by atoms with Gasteiger partial charge in [-0.3, -0.25) is 24.5 Å². The highest BCUT2D eigenvalue weighted by atomic mass is 16.3. The molecule has 0 atom stereocenters. The second kappa shape index (κ2) is 9.01. The van der Waals surface area contributed by atoms with Crippen LogP contribution in [0.4, 0.5) is 0 Å². The molecule has 9 nitrogen and oxygen atoms in total. The predicted molar refractivity (Wildman–Crippen MR) is 173 cm³/mol. The van der Waals surface area contributed by atoms with Crippen LogP contribution in [0.5, 0.6) is 0 Å². The van der Waals surface area contributed by atoms with Crippen LogP contribution < -0.4 is 0 Å². The maximum Gasteiger partial charge on any atom is 0.161 e. The Morgan fingerprint density at radius 3 is 1.51 bits per heavy atom. The first-order chi connectivity index (χ1) is 22.3. The lowest BCUT2D eigenvalue weighted by Gasteiger charge is -2.07. The number of benzene rings is 1. The lowest BCUT2D eigenvalue weighted by Crippen LogP contribution is -1.97. The number of hydrogen-bond acceptors (Lipinski definition) is 8. The van der Waals surface area contributed by atoms with Crippen molar-refractivity contribution in [3.8, 4) is 28.2 Å². The van der Waals surface area contributed by atoms with Gasteiger partial charge in [0.1, 0.15) is 22.7 Å². The normalized spacial score (nSPS) is 12.0. The van der Waals surface area contributed by atoms with Gasteiger partial charge in [-0.15, -0.1) is 0 Å². The molecule has 0 N–H and O–H groups in total. The summed E-state index contributed by atoms with van der Waals surface area (Å²) in [5.74, 6) is 0. The quantitative estimate of drug-likeness (QED) is 0.205. The molecular formula is C36H19N7O2. The van der Waals surface area contributed by atoms with Crippen LogP contribution in [0, 0.1) is 0 Å². The SMILES string of the molecule is c1ccc(-n2c3ncc(-c4nccc5c4oc4cnccc45)cc3c3cc(-c4nccc5c4oc4cnccc45)cnc32)cc1. The highest BCUT2D eigenvalue weighted by molar-refractivity contribution is 6.13. The number of nitrogens with zero attached hydrogens (tertiary/aromatic N) is 7. The number of furan rings is 2. The van der Waals surface area contributed by atoms with E-state index in [9.17, 15) is 0 Å². The van der Waals surface area contributed by atoms with Crippen molar-refractivity contribution in [2.75, 3.05) is 0 Å². The average Bonchev–Trinajstić information content (AvgIpc) is 3.77. The van der Waals surface area contributed by atoms with E-state index in [1.54, 1.807) is 37.2 Å². The molecule has 0 spiro atoms. The Labute approximate surface area is 253 Å². The largest absolute Gasteiger partial charge is 0.452 e. The van der Waals surface area contributed by atoms with Crippen molar-refractivity contribution in [1.82, 2.24) is 34.5 Å². The van der Waals surface area contributed by atoms with Gasteiger partial charge in [0.05, 0.1) is 12.4 Å². The van der Waals surface area contributed by atoms with Gasteiger partial charge >= 0.3 is 0 Å². The minimum atomic E-state index is 0.697. The van der Waals surface area contributed by atoms with Crippen LogP contribution in [-0.4, -0.2) is 34.5 Å². The van der Waals surface area contributed by atoms with Gasteiger partial charge in [0.25, 0.3) is 0 Å². The van der Waals surface area contributed by atoms with Crippen molar-refractivity contribution in [3.63, 3.8) is 0 Å². The molecule has 0 aliphatic heterocycles. The molecule has 0 saturated heterocycles. The minimum absolute atomic E-state index is 0.697. The van der Waals surface area contributed by atoms with E-state index in [0.717, 1.165) is 60.4 Å². The van der Waals surface area contributed by atoms with E-state index < -0.39 is 0 Å². The third-order valence-electron chi connectivity index (χ3n) is 8.39. The van der Waals surface area contributed by atoms with Crippen molar-refractivity contribution in [3.05, 3.63) is 116 Å². The van der Waals surface area contributed by atoms with Gasteiger partial charge in [-0.1, -0.05) is 18.2 Å².